The first-order chi connectivity index (χ1) is 12.9. The van der Waals surface area contributed by atoms with Gasteiger partial charge in [-0.3, -0.25) is 9.59 Å². The molecule has 2 N–H and O–H groups in total. The van der Waals surface area contributed by atoms with Crippen molar-refractivity contribution in [2.45, 2.75) is 13.8 Å². The van der Waals surface area contributed by atoms with E-state index in [-0.39, 0.29) is 28.9 Å². The summed E-state index contributed by atoms with van der Waals surface area (Å²) in [7, 11) is 0. The van der Waals surface area contributed by atoms with Gasteiger partial charge < -0.3 is 15.4 Å². The smallest absolute Gasteiger partial charge is 0.493 e. The number of hydrogen-bond acceptors (Lipinski definition) is 4. The third kappa shape index (κ3) is 10.1. The maximum absolute atomic E-state index is 11.1. The van der Waals surface area contributed by atoms with Crippen LogP contribution in [0.15, 0.2) is 12.1 Å². The summed E-state index contributed by atoms with van der Waals surface area (Å²) in [6, 6.07) is 3.21. The molecule has 2 aliphatic carbocycles. The van der Waals surface area contributed by atoms with Crippen LogP contribution in [0.4, 0.5) is 11.6 Å². The van der Waals surface area contributed by atoms with Crippen LogP contribution in [0.1, 0.15) is 13.8 Å². The number of hydrogen-bond donors (Lipinski definition) is 2. The van der Waals surface area contributed by atoms with Crippen molar-refractivity contribution in [3.8, 4) is 5.75 Å². The molecule has 1 heterocycles. The van der Waals surface area contributed by atoms with Gasteiger partial charge in [-0.1, -0.05) is 22.6 Å². The van der Waals surface area contributed by atoms with E-state index in [1.807, 2.05) is 38.5 Å². The maximum atomic E-state index is 11.1. The minimum Gasteiger partial charge on any atom is -0.493 e. The molecule has 0 unspecified atom stereocenters. The van der Waals surface area contributed by atoms with Gasteiger partial charge in [-0.25, -0.2) is 4.98 Å². The summed E-state index contributed by atoms with van der Waals surface area (Å²) < 4.78 is 6.96. The predicted molar refractivity (Wildman–Crippen MR) is 113 cm³/mol. The second-order valence-corrected chi connectivity index (χ2v) is 6.87. The third-order valence-electron chi connectivity index (χ3n) is 3.17. The first-order valence-electron chi connectivity index (χ1n) is 8.20. The van der Waals surface area contributed by atoms with Crippen molar-refractivity contribution in [3.05, 3.63) is 73.3 Å². The van der Waals surface area contributed by atoms with E-state index >= 15 is 0 Å². The molecule has 1 aromatic rings. The molecule has 0 atom stereocenters. The number of anilines is 2. The molecule has 2 saturated carbocycles. The fourth-order valence-corrected chi connectivity index (χ4v) is 2.52. The monoisotopic (exact) mass is 533 g/mol. The zero-order valence-corrected chi connectivity index (χ0v) is 18.6. The molecule has 3 rings (SSSR count). The van der Waals surface area contributed by atoms with Crippen LogP contribution in [0.3, 0.4) is 0 Å². The van der Waals surface area contributed by atoms with Crippen LogP contribution in [-0.4, -0.2) is 23.4 Å². The Morgan fingerprint density at radius 2 is 1.39 bits per heavy atom. The molecule has 146 valence electrons. The average molecular weight is 533 g/mol. The summed E-state index contributed by atoms with van der Waals surface area (Å²) in [5, 5.41) is 5.14. The van der Waals surface area contributed by atoms with Crippen molar-refractivity contribution in [2.75, 3.05) is 17.2 Å². The van der Waals surface area contributed by atoms with E-state index in [0.717, 1.165) is 5.92 Å². The minimum atomic E-state index is -0.246. The Kier molecular flexibility index (Phi) is 12.0. The number of nitrogens with zero attached hydrogens (tertiary/aromatic N) is 1. The van der Waals surface area contributed by atoms with Gasteiger partial charge in [0.1, 0.15) is 17.4 Å². The van der Waals surface area contributed by atoms with Crippen LogP contribution >= 0.6 is 22.6 Å². The van der Waals surface area contributed by atoms with Gasteiger partial charge in [-0.2, -0.15) is 0 Å². The Morgan fingerprint density at radius 3 is 1.79 bits per heavy atom. The molecule has 0 saturated heterocycles. The Hall–Kier alpha value is -0.861. The fourth-order valence-electron chi connectivity index (χ4n) is 2.10. The molecular formula is C20H20FeIN3O3+2. The Balaban J connectivity index is 0.000000478. The summed E-state index contributed by atoms with van der Waals surface area (Å²) in [6.45, 7) is 3.17. The zero-order valence-electron chi connectivity index (χ0n) is 15.4. The molecular weight excluding hydrogens is 513 g/mol. The average Bonchev–Trinajstić information content (AvgIpc) is 3.25. The second kappa shape index (κ2) is 13.4. The van der Waals surface area contributed by atoms with E-state index in [0.29, 0.717) is 24.0 Å². The number of ether oxygens (including phenoxy) is 1. The largest absolute Gasteiger partial charge is 2.00 e. The number of aromatic nitrogens is 1. The molecule has 0 aliphatic heterocycles. The molecule has 2 fully saturated rings. The van der Waals surface area contributed by atoms with Crippen LogP contribution in [-0.2, 0) is 26.7 Å². The summed E-state index contributed by atoms with van der Waals surface area (Å²) in [5.74, 6) is 1.71. The van der Waals surface area contributed by atoms with Gasteiger partial charge in [-0.05, 0) is 51.4 Å². The van der Waals surface area contributed by atoms with Gasteiger partial charge in [-0.15, -0.1) is 0 Å². The molecule has 1 aromatic heterocycles. The number of carbonyl (C=O) groups is 2. The van der Waals surface area contributed by atoms with Gasteiger partial charge in [0.05, 0.1) is 6.61 Å². The van der Waals surface area contributed by atoms with Gasteiger partial charge in [0.2, 0.25) is 11.8 Å². The quantitative estimate of drug-likeness (QED) is 0.449. The number of carbonyl (C=O) groups excluding carboxylic acids is 2. The van der Waals surface area contributed by atoms with Crippen molar-refractivity contribution >= 4 is 46.0 Å². The molecule has 0 bridgehead atoms. The third-order valence-corrected chi connectivity index (χ3v) is 3.89. The molecule has 2 amide bonds. The van der Waals surface area contributed by atoms with Gasteiger partial charge >= 0.3 is 17.1 Å². The van der Waals surface area contributed by atoms with Crippen LogP contribution in [0, 0.1) is 61.2 Å². The van der Waals surface area contributed by atoms with E-state index in [1.54, 1.807) is 12.1 Å². The molecule has 6 nitrogen and oxygen atoms in total. The van der Waals surface area contributed by atoms with Crippen molar-refractivity contribution < 1.29 is 31.4 Å². The predicted octanol–water partition coefficient (Wildman–Crippen LogP) is 3.56. The van der Waals surface area contributed by atoms with Gasteiger partial charge in [0, 0.05) is 35.8 Å². The Morgan fingerprint density at radius 1 is 0.929 bits per heavy atom. The van der Waals surface area contributed by atoms with Crippen LogP contribution in [0.25, 0.3) is 0 Å². The zero-order chi connectivity index (χ0) is 19.6. The first-order valence-corrected chi connectivity index (χ1v) is 9.28. The van der Waals surface area contributed by atoms with Crippen molar-refractivity contribution in [3.63, 3.8) is 0 Å². The number of nitrogens with one attached hydrogen (secondary N) is 2. The fraction of sp³-hybridized carbons (Fsp3) is 0.150. The van der Waals surface area contributed by atoms with Crippen molar-refractivity contribution in [1.29, 1.82) is 0 Å². The first kappa shape index (κ1) is 25.2. The van der Waals surface area contributed by atoms with Crippen molar-refractivity contribution in [1.82, 2.24) is 4.98 Å². The van der Waals surface area contributed by atoms with Crippen LogP contribution in [0.5, 0.6) is 5.75 Å². The van der Waals surface area contributed by atoms with E-state index in [1.165, 1.54) is 17.8 Å². The topological polar surface area (TPSA) is 80.3 Å². The summed E-state index contributed by atoms with van der Waals surface area (Å²) in [4.78, 5) is 26.4. The van der Waals surface area contributed by atoms with E-state index < -0.39 is 0 Å². The second-order valence-electron chi connectivity index (χ2n) is 5.62. The maximum Gasteiger partial charge on any atom is 2.00 e. The molecule has 28 heavy (non-hydrogen) atoms. The minimum absolute atomic E-state index is 0. The number of pyridine rings is 1. The van der Waals surface area contributed by atoms with E-state index in [9.17, 15) is 9.59 Å². The molecule has 0 aromatic carbocycles. The van der Waals surface area contributed by atoms with E-state index in [2.05, 4.69) is 51.1 Å². The molecule has 10 radical (unpaired) electrons. The molecule has 8 heteroatoms. The normalized spacial score (nSPS) is 16.5. The number of rotatable bonds is 5. The summed E-state index contributed by atoms with van der Waals surface area (Å²) in [6.07, 6.45) is 16.0. The van der Waals surface area contributed by atoms with Crippen molar-refractivity contribution in [2.24, 2.45) is 0 Å². The molecule has 0 spiro atoms. The van der Waals surface area contributed by atoms with Crippen LogP contribution in [0.2, 0.25) is 0 Å². The standard InChI is InChI=1S/C15H16N3O3.C5H4I.Fe/c1-10(19)16-14-7-13(8-15(18-14)17-11(2)20)21-9-12-5-3-4-6-12;6-5-3-1-2-4-5;/h3-8H,9H2,1-2H3,(H2,16,17,18,19,20);1-4H;/q;;+2. The van der Waals surface area contributed by atoms with Crippen LogP contribution < -0.4 is 15.4 Å². The van der Waals surface area contributed by atoms with E-state index in [4.69, 9.17) is 4.74 Å². The van der Waals surface area contributed by atoms with Gasteiger partial charge in [0.15, 0.2) is 0 Å². The number of halogens is 1. The number of amides is 2. The summed E-state index contributed by atoms with van der Waals surface area (Å²) >= 11 is 2.28. The Bertz CT molecular complexity index is 599. The summed E-state index contributed by atoms with van der Waals surface area (Å²) in [5.41, 5.74) is 0. The Labute approximate surface area is 192 Å². The molecule has 2 aliphatic rings. The SMILES string of the molecule is CC(=O)Nc1cc(OC[C]2[CH][CH][CH][CH]2)cc(NC(C)=O)n1.I[C]1[CH][CH][CH][CH]1.[Fe+2]. The van der Waals surface area contributed by atoms with Gasteiger partial charge in [0.25, 0.3) is 0 Å².